The van der Waals surface area contributed by atoms with Crippen LogP contribution in [0, 0.1) is 27.3 Å². The molecule has 0 N–H and O–H groups in total. The molecule has 5 nitrogen and oxygen atoms in total. The van der Waals surface area contributed by atoms with E-state index in [0.29, 0.717) is 0 Å². The molecule has 0 aliphatic heterocycles. The molecule has 0 unspecified atom stereocenters. The van der Waals surface area contributed by atoms with Crippen molar-refractivity contribution in [2.24, 2.45) is 0 Å². The molecule has 0 aliphatic rings. The highest BCUT2D eigenvalue weighted by molar-refractivity contribution is 5.46. The van der Waals surface area contributed by atoms with Gasteiger partial charge in [-0.05, 0) is 12.1 Å². The summed E-state index contributed by atoms with van der Waals surface area (Å²) < 4.78 is 17.1. The van der Waals surface area contributed by atoms with Crippen LogP contribution in [0.2, 0.25) is 0 Å². The lowest BCUT2D eigenvalue weighted by atomic mass is 10.3. The molecule has 0 bridgehead atoms. The van der Waals surface area contributed by atoms with Crippen LogP contribution in [-0.2, 0) is 0 Å². The van der Waals surface area contributed by atoms with Crippen molar-refractivity contribution < 1.29 is 14.1 Å². The second-order valence-electron chi connectivity index (χ2n) is 2.30. The third kappa shape index (κ3) is 4.04. The van der Waals surface area contributed by atoms with Crippen LogP contribution in [0.15, 0.2) is 18.2 Å². The zero-order chi connectivity index (χ0) is 11.8. The lowest BCUT2D eigenvalue weighted by molar-refractivity contribution is -0.385. The summed E-state index contributed by atoms with van der Waals surface area (Å²) in [6.07, 6.45) is 0. The molecule has 0 aromatic heterocycles. The Hall–Kier alpha value is -2.16. The Morgan fingerprint density at radius 1 is 1.60 bits per heavy atom. The maximum absolute atomic E-state index is 12.5. The average molecular weight is 212 g/mol. The number of nitriles is 1. The lowest BCUT2D eigenvalue weighted by Gasteiger charge is -1.99. The zero-order valence-corrected chi connectivity index (χ0v) is 8.23. The van der Waals surface area contributed by atoms with Crippen molar-refractivity contribution in [2.75, 3.05) is 7.11 Å². The van der Waals surface area contributed by atoms with Gasteiger partial charge in [-0.15, -0.1) is 0 Å². The van der Waals surface area contributed by atoms with Gasteiger partial charge in [-0.1, -0.05) is 0 Å². The van der Waals surface area contributed by atoms with Crippen molar-refractivity contribution in [1.82, 2.24) is 0 Å². The smallest absolute Gasteiger partial charge is 0.313 e. The van der Waals surface area contributed by atoms with E-state index in [1.54, 1.807) is 6.07 Å². The highest BCUT2D eigenvalue weighted by Gasteiger charge is 2.14. The molecule has 0 amide bonds. The molecule has 80 valence electrons. The van der Waals surface area contributed by atoms with E-state index in [1.165, 1.54) is 20.1 Å². The van der Waals surface area contributed by atoms with Gasteiger partial charge in [-0.25, -0.2) is 4.39 Å². The Morgan fingerprint density at radius 3 is 2.53 bits per heavy atom. The van der Waals surface area contributed by atoms with E-state index >= 15 is 0 Å². The van der Waals surface area contributed by atoms with Crippen LogP contribution in [0.3, 0.4) is 0 Å². The van der Waals surface area contributed by atoms with E-state index < -0.39 is 10.7 Å². The molecule has 1 rings (SSSR count). The van der Waals surface area contributed by atoms with Crippen LogP contribution in [-0.4, -0.2) is 12.0 Å². The van der Waals surface area contributed by atoms with Gasteiger partial charge in [0.15, 0.2) is 5.75 Å². The summed E-state index contributed by atoms with van der Waals surface area (Å²) in [6.45, 7) is 1.43. The predicted octanol–water partition coefficient (Wildman–Crippen LogP) is 2.27. The molecule has 0 aliphatic carbocycles. The number of nitro groups is 1. The normalized spacial score (nSPS) is 8.13. The van der Waals surface area contributed by atoms with E-state index in [4.69, 9.17) is 5.26 Å². The summed E-state index contributed by atoms with van der Waals surface area (Å²) in [7, 11) is 1.29. The fourth-order valence-corrected chi connectivity index (χ4v) is 0.806. The van der Waals surface area contributed by atoms with Gasteiger partial charge in [0.2, 0.25) is 0 Å². The van der Waals surface area contributed by atoms with Crippen LogP contribution in [0.1, 0.15) is 6.92 Å². The Bertz CT molecular complexity index is 387. The topological polar surface area (TPSA) is 76.2 Å². The summed E-state index contributed by atoms with van der Waals surface area (Å²) in [6, 6.07) is 4.89. The zero-order valence-electron chi connectivity index (χ0n) is 8.23. The summed E-state index contributed by atoms with van der Waals surface area (Å²) in [5.74, 6) is -0.594. The van der Waals surface area contributed by atoms with Gasteiger partial charge in [0.1, 0.15) is 5.82 Å². The minimum Gasteiger partial charge on any atom is -0.490 e. The second-order valence-corrected chi connectivity index (χ2v) is 2.30. The monoisotopic (exact) mass is 212 g/mol. The molecule has 0 atom stereocenters. The van der Waals surface area contributed by atoms with Crippen LogP contribution < -0.4 is 4.74 Å². The molecule has 0 saturated heterocycles. The standard InChI is InChI=1S/C7H6FNO3.C2H3N/c1-12-7-3-2-5(8)4-6(7)9(10)11;1-2-3/h2-4H,1H3;1H3. The van der Waals surface area contributed by atoms with Gasteiger partial charge in [0, 0.05) is 6.92 Å². The van der Waals surface area contributed by atoms with Crippen molar-refractivity contribution >= 4 is 5.69 Å². The number of nitro benzene ring substituents is 1. The number of halogens is 1. The Labute approximate surface area is 85.9 Å². The first-order valence-corrected chi connectivity index (χ1v) is 3.85. The first-order chi connectivity index (χ1) is 7.06. The minimum atomic E-state index is -0.693. The number of hydrogen-bond acceptors (Lipinski definition) is 4. The Kier molecular flexibility index (Phi) is 5.41. The molecule has 6 heteroatoms. The van der Waals surface area contributed by atoms with Gasteiger partial charge in [-0.2, -0.15) is 5.26 Å². The number of hydrogen-bond donors (Lipinski definition) is 0. The fraction of sp³-hybridized carbons (Fsp3) is 0.222. The third-order valence-corrected chi connectivity index (χ3v) is 1.34. The number of rotatable bonds is 2. The number of methoxy groups -OCH3 is 1. The molecule has 1 aromatic rings. The molecule has 0 spiro atoms. The number of benzene rings is 1. The van der Waals surface area contributed by atoms with Gasteiger partial charge in [0.25, 0.3) is 0 Å². The number of ether oxygens (including phenoxy) is 1. The molecule has 0 radical (unpaired) electrons. The quantitative estimate of drug-likeness (QED) is 0.556. The van der Waals surface area contributed by atoms with E-state index in [0.717, 1.165) is 12.1 Å². The predicted molar refractivity (Wildman–Crippen MR) is 50.9 cm³/mol. The van der Waals surface area contributed by atoms with E-state index in [2.05, 4.69) is 4.74 Å². The highest BCUT2D eigenvalue weighted by Crippen LogP contribution is 2.26. The molecule has 0 heterocycles. The van der Waals surface area contributed by atoms with Crippen molar-refractivity contribution in [3.8, 4) is 11.8 Å². The van der Waals surface area contributed by atoms with Crippen molar-refractivity contribution in [2.45, 2.75) is 6.92 Å². The first-order valence-electron chi connectivity index (χ1n) is 3.85. The van der Waals surface area contributed by atoms with E-state index in [-0.39, 0.29) is 11.4 Å². The highest BCUT2D eigenvalue weighted by atomic mass is 19.1. The van der Waals surface area contributed by atoms with Gasteiger partial charge >= 0.3 is 5.69 Å². The molecular formula is C9H9FN2O3. The van der Waals surface area contributed by atoms with E-state index in [1.807, 2.05) is 0 Å². The van der Waals surface area contributed by atoms with Crippen molar-refractivity contribution in [3.05, 3.63) is 34.1 Å². The maximum atomic E-state index is 12.5. The van der Waals surface area contributed by atoms with Crippen molar-refractivity contribution in [1.29, 1.82) is 5.26 Å². The Morgan fingerprint density at radius 2 is 2.13 bits per heavy atom. The van der Waals surface area contributed by atoms with Crippen molar-refractivity contribution in [3.63, 3.8) is 0 Å². The Balaban J connectivity index is 0.000000583. The SMILES string of the molecule is CC#N.COc1ccc(F)cc1[N+](=O)[O-]. The first kappa shape index (κ1) is 12.8. The van der Waals surface area contributed by atoms with Gasteiger partial charge < -0.3 is 4.74 Å². The fourth-order valence-electron chi connectivity index (χ4n) is 0.806. The van der Waals surface area contributed by atoms with Crippen LogP contribution in [0.25, 0.3) is 0 Å². The average Bonchev–Trinajstić information content (AvgIpc) is 2.19. The van der Waals surface area contributed by atoms with Crippen LogP contribution in [0.5, 0.6) is 5.75 Å². The summed E-state index contributed by atoms with van der Waals surface area (Å²) >= 11 is 0. The summed E-state index contributed by atoms with van der Waals surface area (Å²) in [4.78, 5) is 9.60. The molecule has 15 heavy (non-hydrogen) atoms. The molecule has 0 saturated carbocycles. The van der Waals surface area contributed by atoms with E-state index in [9.17, 15) is 14.5 Å². The second kappa shape index (κ2) is 6.32. The summed E-state index contributed by atoms with van der Waals surface area (Å²) in [5, 5.41) is 17.6. The lowest BCUT2D eigenvalue weighted by Crippen LogP contribution is -1.93. The third-order valence-electron chi connectivity index (χ3n) is 1.34. The molecule has 1 aromatic carbocycles. The number of nitrogens with zero attached hydrogens (tertiary/aromatic N) is 2. The van der Waals surface area contributed by atoms with Crippen LogP contribution in [0.4, 0.5) is 10.1 Å². The summed E-state index contributed by atoms with van der Waals surface area (Å²) in [5.41, 5.74) is -0.363. The van der Waals surface area contributed by atoms with Crippen LogP contribution >= 0.6 is 0 Å². The van der Waals surface area contributed by atoms with Gasteiger partial charge in [-0.3, -0.25) is 10.1 Å². The largest absolute Gasteiger partial charge is 0.490 e. The maximum Gasteiger partial charge on any atom is 0.313 e. The molecule has 0 fully saturated rings. The molecular weight excluding hydrogens is 203 g/mol. The minimum absolute atomic E-state index is 0.0569. The van der Waals surface area contributed by atoms with Gasteiger partial charge in [0.05, 0.1) is 24.2 Å².